The fourth-order valence-corrected chi connectivity index (χ4v) is 4.16. The van der Waals surface area contributed by atoms with Gasteiger partial charge in [-0.1, -0.05) is 23.4 Å². The summed E-state index contributed by atoms with van der Waals surface area (Å²) < 4.78 is 12.0. The highest BCUT2D eigenvalue weighted by Crippen LogP contribution is 2.43. The lowest BCUT2D eigenvalue weighted by Gasteiger charge is -2.12. The van der Waals surface area contributed by atoms with Gasteiger partial charge in [-0.05, 0) is 48.5 Å². The number of nitrogens with zero attached hydrogens (tertiary/aromatic N) is 4. The average molecular weight is 449 g/mol. The number of pyridine rings is 1. The van der Waals surface area contributed by atoms with Crippen molar-refractivity contribution in [1.29, 1.82) is 0 Å². The van der Waals surface area contributed by atoms with Crippen LogP contribution in [0.5, 0.6) is 11.6 Å². The van der Waals surface area contributed by atoms with Gasteiger partial charge in [0.25, 0.3) is 0 Å². The Morgan fingerprint density at radius 3 is 2.38 bits per heavy atom. The lowest BCUT2D eigenvalue weighted by molar-refractivity contribution is 0.415. The second-order valence-electron chi connectivity index (χ2n) is 7.70. The highest BCUT2D eigenvalue weighted by atomic mass is 16.5. The van der Waals surface area contributed by atoms with Gasteiger partial charge in [-0.3, -0.25) is 14.6 Å². The van der Waals surface area contributed by atoms with Crippen LogP contribution in [-0.2, 0) is 0 Å². The van der Waals surface area contributed by atoms with Crippen LogP contribution in [0.1, 0.15) is 0 Å². The van der Waals surface area contributed by atoms with Gasteiger partial charge < -0.3 is 14.4 Å². The summed E-state index contributed by atoms with van der Waals surface area (Å²) in [7, 11) is 1.63. The van der Waals surface area contributed by atoms with Crippen molar-refractivity contribution in [2.24, 2.45) is 0 Å². The van der Waals surface area contributed by atoms with Gasteiger partial charge >= 0.3 is 0 Å². The minimum Gasteiger partial charge on any atom is -0.497 e. The molecule has 0 aliphatic carbocycles. The first-order valence-electron chi connectivity index (χ1n) is 10.6. The summed E-state index contributed by atoms with van der Waals surface area (Å²) in [4.78, 5) is 4.58. The molecule has 6 aromatic rings. The first-order chi connectivity index (χ1) is 16.7. The number of aromatic hydroxyl groups is 1. The highest BCUT2D eigenvalue weighted by molar-refractivity contribution is 6.06. The first kappa shape index (κ1) is 19.8. The van der Waals surface area contributed by atoms with Crippen molar-refractivity contribution in [3.8, 4) is 51.2 Å². The fourth-order valence-electron chi connectivity index (χ4n) is 4.16. The standard InChI is InChI=1S/C26H19N5O3/c1-33-19-11-7-17(8-12-19)23-22-24(29-28-23)26(32)31(25(22)21-4-2-3-14-27-21)18-9-5-16(6-10-18)20-13-15-34-30-20/h2-15,29,32H,1H3. The monoisotopic (exact) mass is 449 g/mol. The summed E-state index contributed by atoms with van der Waals surface area (Å²) in [5, 5.41) is 23.6. The number of aromatic nitrogens is 5. The average Bonchev–Trinajstić information content (AvgIpc) is 3.63. The third-order valence-electron chi connectivity index (χ3n) is 5.79. The van der Waals surface area contributed by atoms with Crippen LogP contribution in [-0.4, -0.2) is 37.1 Å². The molecule has 0 bridgehead atoms. The largest absolute Gasteiger partial charge is 0.497 e. The van der Waals surface area contributed by atoms with Crippen molar-refractivity contribution < 1.29 is 14.4 Å². The summed E-state index contributed by atoms with van der Waals surface area (Å²) in [5.74, 6) is 0.810. The Bertz CT molecular complexity index is 1570. The van der Waals surface area contributed by atoms with Crippen LogP contribution >= 0.6 is 0 Å². The molecule has 2 aromatic carbocycles. The van der Waals surface area contributed by atoms with E-state index >= 15 is 0 Å². The van der Waals surface area contributed by atoms with Crippen LogP contribution in [0.15, 0.2) is 89.8 Å². The molecule has 0 saturated carbocycles. The van der Waals surface area contributed by atoms with Gasteiger partial charge in [0.1, 0.15) is 28.9 Å². The van der Waals surface area contributed by atoms with E-state index in [0.717, 1.165) is 39.3 Å². The predicted molar refractivity (Wildman–Crippen MR) is 128 cm³/mol. The number of H-pyrrole nitrogens is 1. The van der Waals surface area contributed by atoms with Gasteiger partial charge in [0, 0.05) is 29.1 Å². The number of fused-ring (bicyclic) bond motifs is 1. The second kappa shape index (κ2) is 7.93. The molecule has 0 amide bonds. The molecule has 8 heteroatoms. The molecule has 6 rings (SSSR count). The fraction of sp³-hybridized carbons (Fsp3) is 0.0385. The summed E-state index contributed by atoms with van der Waals surface area (Å²) in [6, 6.07) is 22.9. The molecule has 0 aliphatic heterocycles. The maximum atomic E-state index is 11.3. The summed E-state index contributed by atoms with van der Waals surface area (Å²) in [6.07, 6.45) is 3.27. The predicted octanol–water partition coefficient (Wildman–Crippen LogP) is 5.45. The molecule has 0 atom stereocenters. The Balaban J connectivity index is 1.58. The van der Waals surface area contributed by atoms with Gasteiger partial charge in [-0.15, -0.1) is 0 Å². The van der Waals surface area contributed by atoms with Crippen LogP contribution < -0.4 is 4.74 Å². The zero-order chi connectivity index (χ0) is 23.1. The Morgan fingerprint density at radius 1 is 0.912 bits per heavy atom. The molecule has 166 valence electrons. The lowest BCUT2D eigenvalue weighted by Crippen LogP contribution is -1.98. The van der Waals surface area contributed by atoms with Crippen LogP contribution in [0, 0.1) is 0 Å². The zero-order valence-electron chi connectivity index (χ0n) is 18.1. The Kier molecular flexibility index (Phi) is 4.62. The third kappa shape index (κ3) is 3.12. The quantitative estimate of drug-likeness (QED) is 0.363. The topological polar surface area (TPSA) is 102 Å². The zero-order valence-corrected chi connectivity index (χ0v) is 18.1. The maximum Gasteiger partial charge on any atom is 0.223 e. The molecule has 4 aromatic heterocycles. The van der Waals surface area contributed by atoms with E-state index in [1.165, 1.54) is 6.26 Å². The molecule has 2 N–H and O–H groups in total. The molecule has 8 nitrogen and oxygen atoms in total. The van der Waals surface area contributed by atoms with E-state index < -0.39 is 0 Å². The van der Waals surface area contributed by atoms with E-state index in [0.29, 0.717) is 16.9 Å². The van der Waals surface area contributed by atoms with Gasteiger partial charge in [-0.25, -0.2) is 0 Å². The van der Waals surface area contributed by atoms with Crippen molar-refractivity contribution >= 4 is 10.9 Å². The molecular formula is C26H19N5O3. The second-order valence-corrected chi connectivity index (χ2v) is 7.70. The van der Waals surface area contributed by atoms with Crippen LogP contribution in [0.25, 0.3) is 50.5 Å². The van der Waals surface area contributed by atoms with Crippen LogP contribution in [0.2, 0.25) is 0 Å². The number of hydrogen-bond acceptors (Lipinski definition) is 6. The van der Waals surface area contributed by atoms with E-state index in [4.69, 9.17) is 9.26 Å². The van der Waals surface area contributed by atoms with Gasteiger partial charge in [0.2, 0.25) is 5.88 Å². The first-order valence-corrected chi connectivity index (χ1v) is 10.6. The van der Waals surface area contributed by atoms with Crippen molar-refractivity contribution in [2.75, 3.05) is 7.11 Å². The number of rotatable bonds is 5. The van der Waals surface area contributed by atoms with Crippen molar-refractivity contribution in [3.63, 3.8) is 0 Å². The van der Waals surface area contributed by atoms with E-state index in [2.05, 4.69) is 20.3 Å². The minimum absolute atomic E-state index is 0.0529. The molecule has 4 heterocycles. The normalized spacial score (nSPS) is 11.2. The third-order valence-corrected chi connectivity index (χ3v) is 5.79. The van der Waals surface area contributed by atoms with Crippen LogP contribution in [0.4, 0.5) is 0 Å². The molecule has 0 fully saturated rings. The summed E-state index contributed by atoms with van der Waals surface area (Å²) in [6.45, 7) is 0. The van der Waals surface area contributed by atoms with E-state index in [1.807, 2.05) is 66.7 Å². The smallest absolute Gasteiger partial charge is 0.223 e. The number of ether oxygens (including phenoxy) is 1. The SMILES string of the molecule is COc1ccc(-c2n[nH]c3c(O)n(-c4ccc(-c5ccon5)cc4)c(-c4ccccn4)c23)cc1. The Hall–Kier alpha value is -4.85. The maximum absolute atomic E-state index is 11.3. The number of benzene rings is 2. The van der Waals surface area contributed by atoms with Gasteiger partial charge in [0.15, 0.2) is 0 Å². The molecule has 0 aliphatic rings. The van der Waals surface area contributed by atoms with Crippen molar-refractivity contribution in [3.05, 3.63) is 85.3 Å². The minimum atomic E-state index is 0.0529. The molecule has 0 radical (unpaired) electrons. The Morgan fingerprint density at radius 2 is 1.71 bits per heavy atom. The number of aromatic amines is 1. The number of hydrogen-bond donors (Lipinski definition) is 2. The Labute approximate surface area is 194 Å². The number of methoxy groups -OCH3 is 1. The van der Waals surface area contributed by atoms with E-state index in [9.17, 15) is 5.11 Å². The molecule has 0 spiro atoms. The lowest BCUT2D eigenvalue weighted by atomic mass is 10.1. The van der Waals surface area contributed by atoms with E-state index in [1.54, 1.807) is 23.9 Å². The summed E-state index contributed by atoms with van der Waals surface area (Å²) >= 11 is 0. The van der Waals surface area contributed by atoms with E-state index in [-0.39, 0.29) is 5.88 Å². The van der Waals surface area contributed by atoms with Gasteiger partial charge in [0.05, 0.1) is 23.9 Å². The number of nitrogens with one attached hydrogen (secondary N) is 1. The van der Waals surface area contributed by atoms with Crippen molar-refractivity contribution in [2.45, 2.75) is 0 Å². The molecular weight excluding hydrogens is 430 g/mol. The molecule has 0 unspecified atom stereocenters. The molecule has 0 saturated heterocycles. The van der Waals surface area contributed by atoms with Gasteiger partial charge in [-0.2, -0.15) is 5.10 Å². The highest BCUT2D eigenvalue weighted by Gasteiger charge is 2.25. The van der Waals surface area contributed by atoms with Crippen molar-refractivity contribution in [1.82, 2.24) is 24.9 Å². The summed E-state index contributed by atoms with van der Waals surface area (Å²) in [5.41, 5.74) is 6.02. The molecule has 34 heavy (non-hydrogen) atoms. The van der Waals surface area contributed by atoms with Crippen LogP contribution in [0.3, 0.4) is 0 Å².